The number of hydrogen-bond acceptors (Lipinski definition) is 3. The molecule has 1 aromatic carbocycles. The molecule has 0 aliphatic heterocycles. The molecule has 0 aliphatic rings. The lowest BCUT2D eigenvalue weighted by Crippen LogP contribution is -2.03. The Morgan fingerprint density at radius 2 is 2.11 bits per heavy atom. The average molecular weight is 280 g/mol. The van der Waals surface area contributed by atoms with Crippen molar-refractivity contribution in [3.63, 3.8) is 0 Å². The zero-order valence-corrected chi connectivity index (χ0v) is 12.2. The van der Waals surface area contributed by atoms with Crippen LogP contribution in [0.1, 0.15) is 17.0 Å². The number of rotatable bonds is 4. The Morgan fingerprint density at radius 1 is 1.37 bits per heavy atom. The first-order chi connectivity index (χ1) is 9.02. The van der Waals surface area contributed by atoms with Crippen LogP contribution in [0.3, 0.4) is 0 Å². The zero-order valence-electron chi connectivity index (χ0n) is 11.4. The van der Waals surface area contributed by atoms with Crippen LogP contribution in [0.4, 0.5) is 0 Å². The van der Waals surface area contributed by atoms with E-state index >= 15 is 0 Å². The summed E-state index contributed by atoms with van der Waals surface area (Å²) in [6, 6.07) is 5.67. The smallest absolute Gasteiger partial charge is 0.171 e. The van der Waals surface area contributed by atoms with Crippen LogP contribution in [-0.2, 0) is 13.5 Å². The molecule has 0 amide bonds. The summed E-state index contributed by atoms with van der Waals surface area (Å²) in [5, 5.41) is 5.00. The Balaban J connectivity index is 2.26. The molecule has 0 spiro atoms. The molecule has 19 heavy (non-hydrogen) atoms. The highest BCUT2D eigenvalue weighted by molar-refractivity contribution is 6.31. The second kappa shape index (κ2) is 5.63. The van der Waals surface area contributed by atoms with Gasteiger partial charge in [0, 0.05) is 12.1 Å². The van der Waals surface area contributed by atoms with Gasteiger partial charge in [-0.1, -0.05) is 17.7 Å². The fraction of sp³-hybridized carbons (Fsp3) is 0.357. The van der Waals surface area contributed by atoms with E-state index in [1.165, 1.54) is 0 Å². The van der Waals surface area contributed by atoms with Gasteiger partial charge in [0.05, 0.1) is 5.69 Å². The molecular formula is C14H18ClN3O. The molecule has 0 bridgehead atoms. The number of aryl methyl sites for hydroxylation is 2. The van der Waals surface area contributed by atoms with Gasteiger partial charge >= 0.3 is 0 Å². The van der Waals surface area contributed by atoms with Gasteiger partial charge in [-0.2, -0.15) is 5.10 Å². The molecule has 0 saturated carbocycles. The highest BCUT2D eigenvalue weighted by Gasteiger charge is 2.12. The minimum atomic E-state index is 0.584. The highest BCUT2D eigenvalue weighted by Crippen LogP contribution is 2.30. The molecule has 2 rings (SSSR count). The van der Waals surface area contributed by atoms with E-state index in [2.05, 4.69) is 5.10 Å². The van der Waals surface area contributed by atoms with Crippen molar-refractivity contribution in [1.82, 2.24) is 9.78 Å². The number of ether oxygens (including phenoxy) is 1. The molecule has 0 aliphatic carbocycles. The maximum atomic E-state index is 6.20. The summed E-state index contributed by atoms with van der Waals surface area (Å²) in [6.07, 6.45) is 0.768. The third kappa shape index (κ3) is 2.91. The van der Waals surface area contributed by atoms with Gasteiger partial charge in [0.1, 0.15) is 11.4 Å². The van der Waals surface area contributed by atoms with Crippen molar-refractivity contribution in [2.45, 2.75) is 20.3 Å². The van der Waals surface area contributed by atoms with Gasteiger partial charge in [0.25, 0.3) is 0 Å². The van der Waals surface area contributed by atoms with Gasteiger partial charge in [-0.15, -0.1) is 0 Å². The SMILES string of the molecule is Cc1nn(C)c(C)c1Oc1ccc(CCN)c(Cl)c1. The zero-order chi connectivity index (χ0) is 14.0. The number of nitrogens with zero attached hydrogens (tertiary/aromatic N) is 2. The van der Waals surface area contributed by atoms with E-state index in [4.69, 9.17) is 22.1 Å². The third-order valence-corrected chi connectivity index (χ3v) is 3.45. The molecule has 2 N–H and O–H groups in total. The van der Waals surface area contributed by atoms with E-state index in [1.807, 2.05) is 39.1 Å². The fourth-order valence-corrected chi connectivity index (χ4v) is 2.23. The van der Waals surface area contributed by atoms with E-state index in [1.54, 1.807) is 4.68 Å². The highest BCUT2D eigenvalue weighted by atomic mass is 35.5. The van der Waals surface area contributed by atoms with Crippen LogP contribution < -0.4 is 10.5 Å². The second-order valence-corrected chi connectivity index (χ2v) is 4.92. The Bertz CT molecular complexity index is 593. The monoisotopic (exact) mass is 279 g/mol. The largest absolute Gasteiger partial charge is 0.453 e. The van der Waals surface area contributed by atoms with Crippen LogP contribution >= 0.6 is 11.6 Å². The number of nitrogens with two attached hydrogens (primary N) is 1. The predicted octanol–water partition coefficient (Wildman–Crippen LogP) is 2.98. The fourth-order valence-electron chi connectivity index (χ4n) is 1.97. The van der Waals surface area contributed by atoms with E-state index < -0.39 is 0 Å². The first-order valence-electron chi connectivity index (χ1n) is 6.19. The summed E-state index contributed by atoms with van der Waals surface area (Å²) >= 11 is 6.20. The van der Waals surface area contributed by atoms with Crippen LogP contribution in [0.25, 0.3) is 0 Å². The lowest BCUT2D eigenvalue weighted by Gasteiger charge is -2.08. The van der Waals surface area contributed by atoms with Gasteiger partial charge in [0.2, 0.25) is 0 Å². The molecule has 0 unspecified atom stereocenters. The molecule has 1 aromatic heterocycles. The molecule has 5 heteroatoms. The number of halogens is 1. The maximum Gasteiger partial charge on any atom is 0.171 e. The Morgan fingerprint density at radius 3 is 2.63 bits per heavy atom. The number of hydrogen-bond donors (Lipinski definition) is 1. The third-order valence-electron chi connectivity index (χ3n) is 3.10. The Hall–Kier alpha value is -1.52. The predicted molar refractivity (Wildman–Crippen MR) is 77.0 cm³/mol. The minimum Gasteiger partial charge on any atom is -0.453 e. The van der Waals surface area contributed by atoms with E-state index in [0.717, 1.165) is 29.1 Å². The molecule has 1 heterocycles. The average Bonchev–Trinajstić information content (AvgIpc) is 2.60. The topological polar surface area (TPSA) is 53.1 Å². The van der Waals surface area contributed by atoms with Crippen LogP contribution in [0.5, 0.6) is 11.5 Å². The van der Waals surface area contributed by atoms with Crippen molar-refractivity contribution in [3.05, 3.63) is 40.2 Å². The molecular weight excluding hydrogens is 262 g/mol. The standard InChI is InChI=1S/C14H18ClN3O/c1-9-14(10(2)18(3)17-9)19-12-5-4-11(6-7-16)13(15)8-12/h4-5,8H,6-7,16H2,1-3H3. The van der Waals surface area contributed by atoms with E-state index in [9.17, 15) is 0 Å². The molecule has 0 saturated heterocycles. The molecule has 0 radical (unpaired) electrons. The van der Waals surface area contributed by atoms with Gasteiger partial charge in [-0.25, -0.2) is 0 Å². The lowest BCUT2D eigenvalue weighted by molar-refractivity contribution is 0.474. The van der Waals surface area contributed by atoms with E-state index in [-0.39, 0.29) is 0 Å². The summed E-state index contributed by atoms with van der Waals surface area (Å²) in [4.78, 5) is 0. The first kappa shape index (κ1) is 13.9. The summed E-state index contributed by atoms with van der Waals surface area (Å²) in [7, 11) is 1.90. The van der Waals surface area contributed by atoms with Crippen molar-refractivity contribution in [1.29, 1.82) is 0 Å². The van der Waals surface area contributed by atoms with Crippen LogP contribution in [0.15, 0.2) is 18.2 Å². The summed E-state index contributed by atoms with van der Waals surface area (Å²) in [5.41, 5.74) is 8.42. The van der Waals surface area contributed by atoms with Crippen LogP contribution in [0, 0.1) is 13.8 Å². The van der Waals surface area contributed by atoms with Gasteiger partial charge in [-0.05, 0) is 44.5 Å². The summed E-state index contributed by atoms with van der Waals surface area (Å²) in [5.74, 6) is 1.50. The molecule has 0 fully saturated rings. The van der Waals surface area contributed by atoms with Crippen molar-refractivity contribution < 1.29 is 4.74 Å². The summed E-state index contributed by atoms with van der Waals surface area (Å²) < 4.78 is 7.68. The number of benzene rings is 1. The normalized spacial score (nSPS) is 10.8. The molecule has 4 nitrogen and oxygen atoms in total. The summed E-state index contributed by atoms with van der Waals surface area (Å²) in [6.45, 7) is 4.48. The van der Waals surface area contributed by atoms with Crippen molar-refractivity contribution in [2.75, 3.05) is 6.54 Å². The molecule has 0 atom stereocenters. The van der Waals surface area contributed by atoms with Gasteiger partial charge in [0.15, 0.2) is 5.75 Å². The van der Waals surface area contributed by atoms with Crippen molar-refractivity contribution in [2.24, 2.45) is 12.8 Å². The molecule has 102 valence electrons. The number of aromatic nitrogens is 2. The van der Waals surface area contributed by atoms with Gasteiger partial charge in [-0.3, -0.25) is 4.68 Å². The Kier molecular flexibility index (Phi) is 4.12. The maximum absolute atomic E-state index is 6.20. The van der Waals surface area contributed by atoms with Crippen molar-refractivity contribution >= 4 is 11.6 Å². The van der Waals surface area contributed by atoms with Gasteiger partial charge < -0.3 is 10.5 Å². The molecule has 2 aromatic rings. The van der Waals surface area contributed by atoms with E-state index in [0.29, 0.717) is 17.3 Å². The minimum absolute atomic E-state index is 0.584. The van der Waals surface area contributed by atoms with Crippen molar-refractivity contribution in [3.8, 4) is 11.5 Å². The quantitative estimate of drug-likeness (QED) is 0.936. The van der Waals surface area contributed by atoms with Crippen LogP contribution in [-0.4, -0.2) is 16.3 Å². The Labute approximate surface area is 118 Å². The van der Waals surface area contributed by atoms with Crippen LogP contribution in [0.2, 0.25) is 5.02 Å². The first-order valence-corrected chi connectivity index (χ1v) is 6.57. The lowest BCUT2D eigenvalue weighted by atomic mass is 10.1. The second-order valence-electron chi connectivity index (χ2n) is 4.52.